The van der Waals surface area contributed by atoms with E-state index in [0.717, 1.165) is 16.7 Å². The number of methoxy groups -OCH3 is 1. The van der Waals surface area contributed by atoms with Gasteiger partial charge in [-0.2, -0.15) is 0 Å². The summed E-state index contributed by atoms with van der Waals surface area (Å²) in [5.74, 6) is 0.395. The first kappa shape index (κ1) is 23.6. The quantitative estimate of drug-likeness (QED) is 0.516. The molecule has 34 heavy (non-hydrogen) atoms. The second-order valence-electron chi connectivity index (χ2n) is 7.94. The van der Waals surface area contributed by atoms with Gasteiger partial charge in [0.15, 0.2) is 0 Å². The van der Waals surface area contributed by atoms with Gasteiger partial charge in [0.2, 0.25) is 5.91 Å². The molecule has 3 aromatic rings. The zero-order chi connectivity index (χ0) is 24.1. The van der Waals surface area contributed by atoms with Crippen LogP contribution in [-0.2, 0) is 11.3 Å². The van der Waals surface area contributed by atoms with Gasteiger partial charge in [0.25, 0.3) is 0 Å². The number of para-hydroxylation sites is 2. The number of carbonyl (C=O) groups is 2. The Bertz CT molecular complexity index is 1170. The summed E-state index contributed by atoms with van der Waals surface area (Å²) in [6.07, 6.45) is 0. The lowest BCUT2D eigenvalue weighted by molar-refractivity contribution is -0.124. The molecule has 8 heteroatoms. The van der Waals surface area contributed by atoms with Gasteiger partial charge in [-0.3, -0.25) is 9.69 Å². The molecule has 1 aliphatic heterocycles. The molecule has 176 valence electrons. The summed E-state index contributed by atoms with van der Waals surface area (Å²) >= 11 is 1.55. The molecule has 0 aliphatic carbocycles. The molecule has 2 atom stereocenters. The summed E-state index contributed by atoms with van der Waals surface area (Å²) in [5.41, 5.74) is 3.33. The summed E-state index contributed by atoms with van der Waals surface area (Å²) in [7, 11) is 1.54. The van der Waals surface area contributed by atoms with E-state index >= 15 is 0 Å². The molecule has 1 saturated heterocycles. The van der Waals surface area contributed by atoms with Crippen LogP contribution in [0.1, 0.15) is 22.1 Å². The fraction of sp³-hybridized carbons (Fsp3) is 0.231. The minimum Gasteiger partial charge on any atom is -0.495 e. The van der Waals surface area contributed by atoms with Crippen LogP contribution >= 0.6 is 11.8 Å². The molecule has 0 aromatic heterocycles. The average Bonchev–Trinajstić information content (AvgIpc) is 3.29. The number of carbonyl (C=O) groups excluding carboxylic acids is 2. The minimum atomic E-state index is -0.676. The van der Waals surface area contributed by atoms with Crippen molar-refractivity contribution in [2.24, 2.45) is 0 Å². The van der Waals surface area contributed by atoms with Gasteiger partial charge >= 0.3 is 6.03 Å². The van der Waals surface area contributed by atoms with E-state index in [1.807, 2.05) is 43.3 Å². The smallest absolute Gasteiger partial charge is 0.323 e. The number of aryl methyl sites for hydroxylation is 1. The van der Waals surface area contributed by atoms with E-state index in [0.29, 0.717) is 17.2 Å². The monoisotopic (exact) mass is 479 g/mol. The first-order chi connectivity index (χ1) is 16.5. The van der Waals surface area contributed by atoms with Crippen molar-refractivity contribution < 1.29 is 18.7 Å². The van der Waals surface area contributed by atoms with Crippen molar-refractivity contribution in [2.75, 3.05) is 18.2 Å². The van der Waals surface area contributed by atoms with Crippen molar-refractivity contribution in [1.82, 2.24) is 10.2 Å². The molecule has 1 fully saturated rings. The van der Waals surface area contributed by atoms with Crippen LogP contribution in [0, 0.1) is 12.7 Å². The summed E-state index contributed by atoms with van der Waals surface area (Å²) in [6.45, 7) is 2.24. The molecule has 0 saturated carbocycles. The Morgan fingerprint density at radius 1 is 1.06 bits per heavy atom. The van der Waals surface area contributed by atoms with E-state index in [-0.39, 0.29) is 29.7 Å². The number of halogens is 1. The fourth-order valence-corrected chi connectivity index (χ4v) is 5.42. The topological polar surface area (TPSA) is 70.7 Å². The van der Waals surface area contributed by atoms with Crippen molar-refractivity contribution in [2.45, 2.75) is 24.9 Å². The number of thioether (sulfide) groups is 1. The van der Waals surface area contributed by atoms with Gasteiger partial charge < -0.3 is 15.4 Å². The largest absolute Gasteiger partial charge is 0.495 e. The number of nitrogens with one attached hydrogen (secondary N) is 2. The maximum Gasteiger partial charge on any atom is 0.323 e. The molecular weight excluding hydrogens is 453 g/mol. The Labute approximate surface area is 202 Å². The number of ether oxygens (including phenoxy) is 1. The highest BCUT2D eigenvalue weighted by Gasteiger charge is 2.43. The molecule has 0 bridgehead atoms. The highest BCUT2D eigenvalue weighted by atomic mass is 32.2. The van der Waals surface area contributed by atoms with Gasteiger partial charge in [0.1, 0.15) is 23.0 Å². The molecule has 6 nitrogen and oxygen atoms in total. The van der Waals surface area contributed by atoms with Gasteiger partial charge in [-0.25, -0.2) is 9.18 Å². The number of hydrogen-bond donors (Lipinski definition) is 2. The van der Waals surface area contributed by atoms with E-state index in [1.54, 1.807) is 48.0 Å². The maximum absolute atomic E-state index is 13.5. The predicted octanol–water partition coefficient (Wildman–Crippen LogP) is 5.11. The number of benzene rings is 3. The standard InChI is InChI=1S/C26H26FN3O3S/c1-17-7-3-4-8-20(17)25-30(26(32)29-21-9-5-6-10-23(21)33-2)22(16-34-25)24(31)28-15-18-11-13-19(27)14-12-18/h3-14,22,25H,15-16H2,1-2H3,(H,28,31)(H,29,32)/t22-,25+/m0/s1. The molecule has 3 amide bonds. The van der Waals surface area contributed by atoms with E-state index < -0.39 is 6.04 Å². The van der Waals surface area contributed by atoms with Crippen LogP contribution in [0.25, 0.3) is 0 Å². The Morgan fingerprint density at radius 2 is 1.76 bits per heavy atom. The number of urea groups is 1. The lowest BCUT2D eigenvalue weighted by Gasteiger charge is -2.30. The van der Waals surface area contributed by atoms with E-state index in [2.05, 4.69) is 10.6 Å². The van der Waals surface area contributed by atoms with Crippen LogP contribution in [-0.4, -0.2) is 35.7 Å². The van der Waals surface area contributed by atoms with Gasteiger partial charge in [-0.05, 0) is 47.9 Å². The maximum atomic E-state index is 13.5. The summed E-state index contributed by atoms with van der Waals surface area (Å²) < 4.78 is 18.6. The number of amides is 3. The number of rotatable bonds is 6. The van der Waals surface area contributed by atoms with Crippen molar-refractivity contribution in [3.05, 3.63) is 95.3 Å². The zero-order valence-corrected chi connectivity index (χ0v) is 19.8. The summed E-state index contributed by atoms with van der Waals surface area (Å²) in [4.78, 5) is 28.3. The summed E-state index contributed by atoms with van der Waals surface area (Å²) in [6, 6.07) is 19.9. The Kier molecular flexibility index (Phi) is 7.37. The Balaban J connectivity index is 1.58. The van der Waals surface area contributed by atoms with Crippen molar-refractivity contribution >= 4 is 29.4 Å². The highest BCUT2D eigenvalue weighted by Crippen LogP contribution is 2.43. The minimum absolute atomic E-state index is 0.247. The molecule has 1 heterocycles. The third-order valence-electron chi connectivity index (χ3n) is 5.72. The molecule has 0 radical (unpaired) electrons. The third-order valence-corrected chi connectivity index (χ3v) is 7.03. The van der Waals surface area contributed by atoms with Crippen LogP contribution in [0.2, 0.25) is 0 Å². The van der Waals surface area contributed by atoms with Gasteiger partial charge in [-0.15, -0.1) is 11.8 Å². The molecule has 0 unspecified atom stereocenters. The lowest BCUT2D eigenvalue weighted by Crippen LogP contribution is -2.49. The summed E-state index contributed by atoms with van der Waals surface area (Å²) in [5, 5.41) is 5.49. The average molecular weight is 480 g/mol. The van der Waals surface area contributed by atoms with Crippen molar-refractivity contribution in [3.8, 4) is 5.75 Å². The second-order valence-corrected chi connectivity index (χ2v) is 9.05. The first-order valence-electron chi connectivity index (χ1n) is 10.9. The lowest BCUT2D eigenvalue weighted by atomic mass is 10.1. The van der Waals surface area contributed by atoms with Gasteiger partial charge in [0.05, 0.1) is 12.8 Å². The van der Waals surface area contributed by atoms with Crippen LogP contribution in [0.5, 0.6) is 5.75 Å². The predicted molar refractivity (Wildman–Crippen MR) is 132 cm³/mol. The molecule has 1 aliphatic rings. The molecule has 0 spiro atoms. The van der Waals surface area contributed by atoms with Gasteiger partial charge in [0, 0.05) is 12.3 Å². The first-order valence-corrected chi connectivity index (χ1v) is 11.9. The van der Waals surface area contributed by atoms with Crippen molar-refractivity contribution in [1.29, 1.82) is 0 Å². The van der Waals surface area contributed by atoms with Crippen molar-refractivity contribution in [3.63, 3.8) is 0 Å². The van der Waals surface area contributed by atoms with Gasteiger partial charge in [-0.1, -0.05) is 48.5 Å². The normalized spacial score (nSPS) is 17.3. The van der Waals surface area contributed by atoms with Crippen LogP contribution in [0.3, 0.4) is 0 Å². The second kappa shape index (κ2) is 10.6. The van der Waals surface area contributed by atoms with E-state index in [9.17, 15) is 14.0 Å². The fourth-order valence-electron chi connectivity index (χ4n) is 3.90. The molecule has 4 rings (SSSR count). The van der Waals surface area contributed by atoms with Crippen LogP contribution in [0.15, 0.2) is 72.8 Å². The Morgan fingerprint density at radius 3 is 2.50 bits per heavy atom. The molecule has 2 N–H and O–H groups in total. The van der Waals surface area contributed by atoms with Crippen LogP contribution < -0.4 is 15.4 Å². The molecular formula is C26H26FN3O3S. The number of anilines is 1. The SMILES string of the molecule is COc1ccccc1NC(=O)N1[C@@H](c2ccccc2C)SC[C@H]1C(=O)NCc1ccc(F)cc1. The van der Waals surface area contributed by atoms with Crippen LogP contribution in [0.4, 0.5) is 14.9 Å². The van der Waals surface area contributed by atoms with E-state index in [4.69, 9.17) is 4.74 Å². The van der Waals surface area contributed by atoms with E-state index in [1.165, 1.54) is 12.1 Å². The zero-order valence-electron chi connectivity index (χ0n) is 19.0. The number of hydrogen-bond acceptors (Lipinski definition) is 4. The highest BCUT2D eigenvalue weighted by molar-refractivity contribution is 7.99. The third kappa shape index (κ3) is 5.17. The number of nitrogens with zero attached hydrogens (tertiary/aromatic N) is 1. The molecule has 3 aromatic carbocycles. The Hall–Kier alpha value is -3.52.